The van der Waals surface area contributed by atoms with Gasteiger partial charge in [-0.15, -0.1) is 0 Å². The molecular formula is C19H16FN3O3. The molecule has 0 N–H and O–H groups in total. The molecule has 1 aliphatic rings. The van der Waals surface area contributed by atoms with Crippen LogP contribution in [0.1, 0.15) is 11.1 Å². The normalized spacial score (nSPS) is 14.8. The highest BCUT2D eigenvalue weighted by Gasteiger charge is 2.18. The average molecular weight is 353 g/mol. The molecule has 0 atom stereocenters. The molecule has 0 saturated carbocycles. The summed E-state index contributed by atoms with van der Waals surface area (Å²) in [6, 6.07) is 12.3. The standard InChI is InChI=1S/C19H16FN3O3/c20-17-3-1-2-14(11-17)16(13-21)10-15-12-18(23(24)25)4-5-19(15)22-6-8-26-9-7-22/h1-5,10-12H,6-9H2/b16-10+. The Kier molecular flexibility index (Phi) is 5.25. The zero-order valence-corrected chi connectivity index (χ0v) is 13.9. The minimum Gasteiger partial charge on any atom is -0.378 e. The zero-order chi connectivity index (χ0) is 18.5. The SMILES string of the molecule is N#C/C(=C\c1cc([N+](=O)[O-])ccc1N1CCOCC1)c1cccc(F)c1. The summed E-state index contributed by atoms with van der Waals surface area (Å²) in [6.07, 6.45) is 1.56. The number of nitro groups is 1. The fraction of sp³-hybridized carbons (Fsp3) is 0.211. The van der Waals surface area contributed by atoms with Crippen molar-refractivity contribution in [2.45, 2.75) is 0 Å². The van der Waals surface area contributed by atoms with Gasteiger partial charge in [-0.25, -0.2) is 4.39 Å². The first-order valence-corrected chi connectivity index (χ1v) is 8.07. The number of halogens is 1. The summed E-state index contributed by atoms with van der Waals surface area (Å²) in [4.78, 5) is 12.7. The average Bonchev–Trinajstić information content (AvgIpc) is 2.66. The minimum absolute atomic E-state index is 0.0650. The molecule has 2 aromatic rings. The van der Waals surface area contributed by atoms with Crippen LogP contribution in [0, 0.1) is 27.3 Å². The maximum Gasteiger partial charge on any atom is 0.270 e. The van der Waals surface area contributed by atoms with Crippen LogP contribution < -0.4 is 4.90 Å². The second-order valence-electron chi connectivity index (χ2n) is 5.78. The molecule has 0 amide bonds. The number of allylic oxidation sites excluding steroid dienone is 1. The monoisotopic (exact) mass is 353 g/mol. The fourth-order valence-electron chi connectivity index (χ4n) is 2.85. The number of benzene rings is 2. The van der Waals surface area contributed by atoms with E-state index in [9.17, 15) is 19.8 Å². The molecule has 0 spiro atoms. The third kappa shape index (κ3) is 3.87. The van der Waals surface area contributed by atoms with E-state index >= 15 is 0 Å². The molecule has 1 aliphatic heterocycles. The van der Waals surface area contributed by atoms with Gasteiger partial charge in [-0.05, 0) is 29.8 Å². The first kappa shape index (κ1) is 17.6. The van der Waals surface area contributed by atoms with Crippen molar-refractivity contribution in [3.8, 4) is 6.07 Å². The summed E-state index contributed by atoms with van der Waals surface area (Å²) in [6.45, 7) is 2.44. The van der Waals surface area contributed by atoms with Gasteiger partial charge in [-0.2, -0.15) is 5.26 Å². The molecule has 0 aliphatic carbocycles. The molecule has 1 heterocycles. The van der Waals surface area contributed by atoms with Crippen molar-refractivity contribution in [3.63, 3.8) is 0 Å². The van der Waals surface area contributed by atoms with Crippen LogP contribution in [0.15, 0.2) is 42.5 Å². The zero-order valence-electron chi connectivity index (χ0n) is 13.9. The predicted octanol–water partition coefficient (Wildman–Crippen LogP) is 3.63. The van der Waals surface area contributed by atoms with Crippen molar-refractivity contribution >= 4 is 23.0 Å². The van der Waals surface area contributed by atoms with E-state index in [1.165, 1.54) is 30.3 Å². The number of ether oxygens (including phenoxy) is 1. The quantitative estimate of drug-likeness (QED) is 0.363. The Balaban J connectivity index is 2.09. The highest BCUT2D eigenvalue weighted by Crippen LogP contribution is 2.30. The Bertz CT molecular complexity index is 899. The number of nitriles is 1. The van der Waals surface area contributed by atoms with E-state index < -0.39 is 10.7 Å². The lowest BCUT2D eigenvalue weighted by Gasteiger charge is -2.30. The number of nitro benzene ring substituents is 1. The molecule has 0 unspecified atom stereocenters. The Morgan fingerprint density at radius 2 is 2.04 bits per heavy atom. The van der Waals surface area contributed by atoms with Crippen LogP contribution in [-0.2, 0) is 4.74 Å². The number of hydrogen-bond acceptors (Lipinski definition) is 5. The lowest BCUT2D eigenvalue weighted by atomic mass is 10.0. The molecule has 0 radical (unpaired) electrons. The van der Waals surface area contributed by atoms with E-state index in [-0.39, 0.29) is 11.3 Å². The van der Waals surface area contributed by atoms with Gasteiger partial charge in [0.2, 0.25) is 0 Å². The number of nitrogens with zero attached hydrogens (tertiary/aromatic N) is 3. The molecule has 7 heteroatoms. The highest BCUT2D eigenvalue weighted by atomic mass is 19.1. The van der Waals surface area contributed by atoms with Crippen molar-refractivity contribution < 1.29 is 14.1 Å². The van der Waals surface area contributed by atoms with Gasteiger partial charge in [0.1, 0.15) is 5.82 Å². The van der Waals surface area contributed by atoms with Crippen LogP contribution in [-0.4, -0.2) is 31.2 Å². The van der Waals surface area contributed by atoms with Crippen LogP contribution in [0.25, 0.3) is 11.6 Å². The van der Waals surface area contributed by atoms with E-state index in [4.69, 9.17) is 4.74 Å². The van der Waals surface area contributed by atoms with Gasteiger partial charge in [0.15, 0.2) is 0 Å². The van der Waals surface area contributed by atoms with E-state index in [2.05, 4.69) is 11.0 Å². The van der Waals surface area contributed by atoms with Gasteiger partial charge >= 0.3 is 0 Å². The third-order valence-electron chi connectivity index (χ3n) is 4.13. The van der Waals surface area contributed by atoms with Crippen LogP contribution in [0.2, 0.25) is 0 Å². The van der Waals surface area contributed by atoms with Gasteiger partial charge in [0.25, 0.3) is 5.69 Å². The number of morpholine rings is 1. The highest BCUT2D eigenvalue weighted by molar-refractivity contribution is 5.92. The smallest absolute Gasteiger partial charge is 0.270 e. The van der Waals surface area contributed by atoms with E-state index in [1.807, 2.05) is 0 Å². The minimum atomic E-state index is -0.478. The molecule has 1 fully saturated rings. The molecule has 3 rings (SSSR count). The van der Waals surface area contributed by atoms with Gasteiger partial charge < -0.3 is 9.64 Å². The molecule has 0 bridgehead atoms. The second kappa shape index (κ2) is 7.76. The Labute approximate surface area is 149 Å². The Hall–Kier alpha value is -3.24. The Morgan fingerprint density at radius 1 is 1.27 bits per heavy atom. The van der Waals surface area contributed by atoms with Gasteiger partial charge in [0.05, 0.1) is 29.8 Å². The molecular weight excluding hydrogens is 337 g/mol. The summed E-state index contributed by atoms with van der Waals surface area (Å²) in [5.74, 6) is -0.448. The third-order valence-corrected chi connectivity index (χ3v) is 4.13. The van der Waals surface area contributed by atoms with Crippen LogP contribution in [0.5, 0.6) is 0 Å². The molecule has 1 saturated heterocycles. The maximum absolute atomic E-state index is 13.5. The molecule has 132 valence electrons. The van der Waals surface area contributed by atoms with Crippen LogP contribution >= 0.6 is 0 Å². The number of hydrogen-bond donors (Lipinski definition) is 0. The molecule has 26 heavy (non-hydrogen) atoms. The lowest BCUT2D eigenvalue weighted by Crippen LogP contribution is -2.36. The van der Waals surface area contributed by atoms with E-state index in [1.54, 1.807) is 18.2 Å². The Morgan fingerprint density at radius 3 is 2.69 bits per heavy atom. The summed E-state index contributed by atoms with van der Waals surface area (Å²) >= 11 is 0. The van der Waals surface area contributed by atoms with Crippen molar-refractivity contribution in [1.29, 1.82) is 5.26 Å². The van der Waals surface area contributed by atoms with E-state index in [0.29, 0.717) is 37.4 Å². The lowest BCUT2D eigenvalue weighted by molar-refractivity contribution is -0.384. The number of rotatable bonds is 4. The summed E-state index contributed by atoms with van der Waals surface area (Å²) in [7, 11) is 0. The topological polar surface area (TPSA) is 79.4 Å². The summed E-state index contributed by atoms with van der Waals surface area (Å²) < 4.78 is 18.8. The van der Waals surface area contributed by atoms with Crippen molar-refractivity contribution in [3.05, 3.63) is 69.5 Å². The number of non-ortho nitro benzene ring substituents is 1. The summed E-state index contributed by atoms with van der Waals surface area (Å²) in [5, 5.41) is 20.7. The van der Waals surface area contributed by atoms with Gasteiger partial charge in [-0.1, -0.05) is 12.1 Å². The number of anilines is 1. The van der Waals surface area contributed by atoms with E-state index in [0.717, 1.165) is 5.69 Å². The van der Waals surface area contributed by atoms with Gasteiger partial charge in [0, 0.05) is 36.5 Å². The molecule has 2 aromatic carbocycles. The van der Waals surface area contributed by atoms with Gasteiger partial charge in [-0.3, -0.25) is 10.1 Å². The first-order chi connectivity index (χ1) is 12.6. The van der Waals surface area contributed by atoms with Crippen molar-refractivity contribution in [2.75, 3.05) is 31.2 Å². The van der Waals surface area contributed by atoms with Crippen LogP contribution in [0.3, 0.4) is 0 Å². The fourth-order valence-corrected chi connectivity index (χ4v) is 2.85. The van der Waals surface area contributed by atoms with Crippen molar-refractivity contribution in [1.82, 2.24) is 0 Å². The predicted molar refractivity (Wildman–Crippen MR) is 96.0 cm³/mol. The maximum atomic E-state index is 13.5. The molecule has 6 nitrogen and oxygen atoms in total. The largest absolute Gasteiger partial charge is 0.378 e. The summed E-state index contributed by atoms with van der Waals surface area (Å²) in [5.41, 5.74) is 1.92. The van der Waals surface area contributed by atoms with Crippen molar-refractivity contribution in [2.24, 2.45) is 0 Å². The first-order valence-electron chi connectivity index (χ1n) is 8.07. The van der Waals surface area contributed by atoms with Crippen LogP contribution in [0.4, 0.5) is 15.8 Å². The second-order valence-corrected chi connectivity index (χ2v) is 5.78. The molecule has 0 aromatic heterocycles.